The number of hydrogen-bond donors (Lipinski definition) is 2. The van der Waals surface area contributed by atoms with Gasteiger partial charge in [0.2, 0.25) is 10.0 Å². The number of hydrogen-bond acceptors (Lipinski definition) is 5. The predicted molar refractivity (Wildman–Crippen MR) is 82.7 cm³/mol. The highest BCUT2D eigenvalue weighted by atomic mass is 32.2. The van der Waals surface area contributed by atoms with E-state index in [4.69, 9.17) is 0 Å². The second kappa shape index (κ2) is 6.53. The van der Waals surface area contributed by atoms with Gasteiger partial charge in [-0.15, -0.1) is 11.3 Å². The van der Waals surface area contributed by atoms with Gasteiger partial charge in [-0.25, -0.2) is 13.1 Å². The lowest BCUT2D eigenvalue weighted by atomic mass is 10.3. The van der Waals surface area contributed by atoms with Crippen molar-refractivity contribution in [2.24, 2.45) is 0 Å². The van der Waals surface area contributed by atoms with Crippen LogP contribution in [0.5, 0.6) is 0 Å². The fraction of sp³-hybridized carbons (Fsp3) is 0.692. The monoisotopic (exact) mass is 317 g/mol. The average Bonchev–Trinajstić information content (AvgIpc) is 2.93. The molecule has 0 aromatic carbocycles. The van der Waals surface area contributed by atoms with Gasteiger partial charge in [0, 0.05) is 24.0 Å². The molecule has 0 aliphatic carbocycles. The number of nitrogens with zero attached hydrogens (tertiary/aromatic N) is 1. The third kappa shape index (κ3) is 3.59. The van der Waals surface area contributed by atoms with Gasteiger partial charge in [0.1, 0.15) is 4.90 Å². The number of aryl methyl sites for hydroxylation is 1. The summed E-state index contributed by atoms with van der Waals surface area (Å²) in [6, 6.07) is 0.0243. The standard InChI is InChI=1S/C13H23N3O2S2/c1-4-14-7-12-13(10(2)9-19-12)20(17,18)15-11-5-6-16(3)8-11/h9,11,14-15H,4-8H2,1-3H3. The molecule has 0 bridgehead atoms. The number of nitrogens with one attached hydrogen (secondary N) is 2. The minimum atomic E-state index is -3.42. The van der Waals surface area contributed by atoms with Gasteiger partial charge >= 0.3 is 0 Å². The summed E-state index contributed by atoms with van der Waals surface area (Å²) in [5, 5.41) is 5.12. The first-order valence-corrected chi connectivity index (χ1v) is 9.29. The Balaban J connectivity index is 2.18. The van der Waals surface area contributed by atoms with Crippen molar-refractivity contribution in [1.82, 2.24) is 14.9 Å². The highest BCUT2D eigenvalue weighted by Gasteiger charge is 2.28. The summed E-state index contributed by atoms with van der Waals surface area (Å²) < 4.78 is 28.1. The Hall–Kier alpha value is -0.470. The van der Waals surface area contributed by atoms with Crippen molar-refractivity contribution in [3.05, 3.63) is 15.8 Å². The molecule has 0 radical (unpaired) electrons. The van der Waals surface area contributed by atoms with E-state index in [1.165, 1.54) is 11.3 Å². The third-order valence-corrected chi connectivity index (χ3v) is 6.49. The maximum Gasteiger partial charge on any atom is 0.242 e. The Morgan fingerprint density at radius 1 is 1.50 bits per heavy atom. The van der Waals surface area contributed by atoms with Gasteiger partial charge in [0.15, 0.2) is 0 Å². The van der Waals surface area contributed by atoms with E-state index in [1.54, 1.807) is 0 Å². The molecule has 20 heavy (non-hydrogen) atoms. The molecule has 5 nitrogen and oxygen atoms in total. The Morgan fingerprint density at radius 2 is 2.25 bits per heavy atom. The molecule has 1 aromatic rings. The van der Waals surface area contributed by atoms with Gasteiger partial charge in [0.05, 0.1) is 0 Å². The second-order valence-electron chi connectivity index (χ2n) is 5.32. The molecule has 1 aliphatic heterocycles. The minimum Gasteiger partial charge on any atom is -0.312 e. The van der Waals surface area contributed by atoms with Gasteiger partial charge in [-0.1, -0.05) is 6.92 Å². The van der Waals surface area contributed by atoms with E-state index in [2.05, 4.69) is 14.9 Å². The number of rotatable bonds is 6. The number of likely N-dealkylation sites (tertiary alicyclic amines) is 1. The van der Waals surface area contributed by atoms with Crippen LogP contribution < -0.4 is 10.0 Å². The molecule has 2 N–H and O–H groups in total. The van der Waals surface area contributed by atoms with Crippen molar-refractivity contribution in [1.29, 1.82) is 0 Å². The molecule has 1 aromatic heterocycles. The van der Waals surface area contributed by atoms with Crippen LogP contribution in [-0.4, -0.2) is 46.0 Å². The zero-order valence-corrected chi connectivity index (χ0v) is 13.9. The molecule has 1 saturated heterocycles. The first kappa shape index (κ1) is 15.9. The van der Waals surface area contributed by atoms with Crippen molar-refractivity contribution < 1.29 is 8.42 Å². The molecule has 2 heterocycles. The SMILES string of the molecule is CCNCc1scc(C)c1S(=O)(=O)NC1CCN(C)C1. The summed E-state index contributed by atoms with van der Waals surface area (Å²) in [6.07, 6.45) is 0.876. The number of thiophene rings is 1. The summed E-state index contributed by atoms with van der Waals surface area (Å²) in [4.78, 5) is 3.51. The molecule has 0 saturated carbocycles. The lowest BCUT2D eigenvalue weighted by Gasteiger charge is -2.14. The summed E-state index contributed by atoms with van der Waals surface area (Å²) in [7, 11) is -1.41. The maximum atomic E-state index is 12.6. The minimum absolute atomic E-state index is 0.0243. The Labute approximate surface area is 125 Å². The van der Waals surface area contributed by atoms with Gasteiger partial charge in [-0.05, 0) is 44.4 Å². The van der Waals surface area contributed by atoms with Crippen LogP contribution in [0.25, 0.3) is 0 Å². The van der Waals surface area contributed by atoms with E-state index in [1.807, 2.05) is 26.3 Å². The van der Waals surface area contributed by atoms with Gasteiger partial charge < -0.3 is 10.2 Å². The fourth-order valence-corrected chi connectivity index (χ4v) is 5.56. The van der Waals surface area contributed by atoms with Crippen LogP contribution in [0.3, 0.4) is 0 Å². The maximum absolute atomic E-state index is 12.6. The zero-order chi connectivity index (χ0) is 14.8. The third-order valence-electron chi connectivity index (χ3n) is 3.51. The highest BCUT2D eigenvalue weighted by molar-refractivity contribution is 7.89. The van der Waals surface area contributed by atoms with Crippen LogP contribution in [0.1, 0.15) is 23.8 Å². The fourth-order valence-electron chi connectivity index (χ4n) is 2.52. The molecular weight excluding hydrogens is 294 g/mol. The van der Waals surface area contributed by atoms with E-state index in [0.29, 0.717) is 11.4 Å². The summed E-state index contributed by atoms with van der Waals surface area (Å²) in [5.41, 5.74) is 0.835. The molecular formula is C13H23N3O2S2. The van der Waals surface area contributed by atoms with Gasteiger partial charge in [0.25, 0.3) is 0 Å². The number of sulfonamides is 1. The smallest absolute Gasteiger partial charge is 0.242 e. The van der Waals surface area contributed by atoms with Crippen LogP contribution in [0.15, 0.2) is 10.3 Å². The summed E-state index contributed by atoms with van der Waals surface area (Å²) in [6.45, 7) is 7.04. The van der Waals surface area contributed by atoms with Crippen molar-refractivity contribution >= 4 is 21.4 Å². The molecule has 0 spiro atoms. The van der Waals surface area contributed by atoms with Crippen LogP contribution in [-0.2, 0) is 16.6 Å². The first-order valence-electron chi connectivity index (χ1n) is 6.92. The molecule has 1 fully saturated rings. The molecule has 1 aliphatic rings. The molecule has 114 valence electrons. The van der Waals surface area contributed by atoms with Crippen LogP contribution in [0, 0.1) is 6.92 Å². The molecule has 7 heteroatoms. The lowest BCUT2D eigenvalue weighted by molar-refractivity contribution is 0.407. The average molecular weight is 317 g/mol. The largest absolute Gasteiger partial charge is 0.312 e. The lowest BCUT2D eigenvalue weighted by Crippen LogP contribution is -2.37. The van der Waals surface area contributed by atoms with E-state index in [0.717, 1.165) is 36.5 Å². The normalized spacial score (nSPS) is 20.6. The van der Waals surface area contributed by atoms with Crippen LogP contribution >= 0.6 is 11.3 Å². The molecule has 1 unspecified atom stereocenters. The zero-order valence-electron chi connectivity index (χ0n) is 12.3. The van der Waals surface area contributed by atoms with Crippen LogP contribution in [0.2, 0.25) is 0 Å². The van der Waals surface area contributed by atoms with E-state index in [9.17, 15) is 8.42 Å². The van der Waals surface area contributed by atoms with Gasteiger partial charge in [-0.3, -0.25) is 0 Å². The van der Waals surface area contributed by atoms with Crippen molar-refractivity contribution in [2.45, 2.75) is 37.8 Å². The van der Waals surface area contributed by atoms with Crippen LogP contribution in [0.4, 0.5) is 0 Å². The summed E-state index contributed by atoms with van der Waals surface area (Å²) >= 11 is 1.51. The molecule has 0 amide bonds. The summed E-state index contributed by atoms with van der Waals surface area (Å²) in [5.74, 6) is 0. The van der Waals surface area contributed by atoms with E-state index < -0.39 is 10.0 Å². The Bertz CT molecular complexity index is 554. The predicted octanol–water partition coefficient (Wildman–Crippen LogP) is 1.15. The van der Waals surface area contributed by atoms with Crippen molar-refractivity contribution in [3.8, 4) is 0 Å². The van der Waals surface area contributed by atoms with Crippen molar-refractivity contribution in [3.63, 3.8) is 0 Å². The highest BCUT2D eigenvalue weighted by Crippen LogP contribution is 2.27. The van der Waals surface area contributed by atoms with Crippen molar-refractivity contribution in [2.75, 3.05) is 26.7 Å². The molecule has 2 rings (SSSR count). The number of likely N-dealkylation sites (N-methyl/N-ethyl adjacent to an activating group) is 1. The molecule has 1 atom stereocenters. The van der Waals surface area contributed by atoms with E-state index >= 15 is 0 Å². The second-order valence-corrected chi connectivity index (χ2v) is 7.94. The quantitative estimate of drug-likeness (QED) is 0.826. The first-order chi connectivity index (χ1) is 9.44. The van der Waals surface area contributed by atoms with Gasteiger partial charge in [-0.2, -0.15) is 0 Å². The topological polar surface area (TPSA) is 61.4 Å². The Morgan fingerprint density at radius 3 is 2.85 bits per heavy atom. The Kier molecular flexibility index (Phi) is 5.19. The van der Waals surface area contributed by atoms with E-state index in [-0.39, 0.29) is 6.04 Å².